The van der Waals surface area contributed by atoms with Gasteiger partial charge in [-0.1, -0.05) is 0 Å². The number of carbonyl (C=O) groups is 2. The van der Waals surface area contributed by atoms with Gasteiger partial charge < -0.3 is 9.84 Å². The Morgan fingerprint density at radius 3 is 2.58 bits per heavy atom. The van der Waals surface area contributed by atoms with Crippen molar-refractivity contribution in [2.24, 2.45) is 0 Å². The Hall–Kier alpha value is -0.900. The maximum atomic E-state index is 10.8. The molecule has 0 saturated carbocycles. The van der Waals surface area contributed by atoms with Gasteiger partial charge in [0.1, 0.15) is 5.78 Å². The molecule has 12 heavy (non-hydrogen) atoms. The molecule has 0 aliphatic carbocycles. The maximum absolute atomic E-state index is 10.8. The van der Waals surface area contributed by atoms with Gasteiger partial charge in [-0.05, 0) is 19.8 Å². The number of carboxylic acid groups (broad SMARTS) is 1. The van der Waals surface area contributed by atoms with Gasteiger partial charge in [-0.2, -0.15) is 0 Å². The Balaban J connectivity index is 2.72. The zero-order chi connectivity index (χ0) is 9.19. The number of hydrogen-bond acceptors (Lipinski definition) is 3. The summed E-state index contributed by atoms with van der Waals surface area (Å²) in [5, 5.41) is 8.84. The van der Waals surface area contributed by atoms with Crippen LogP contribution in [0.2, 0.25) is 0 Å². The molecule has 1 fully saturated rings. The van der Waals surface area contributed by atoms with Gasteiger partial charge in [0.25, 0.3) is 0 Å². The second-order valence-electron chi connectivity index (χ2n) is 3.13. The summed E-state index contributed by atoms with van der Waals surface area (Å²) in [7, 11) is 0. The molecule has 4 heteroatoms. The van der Waals surface area contributed by atoms with Crippen LogP contribution in [0.4, 0.5) is 0 Å². The molecule has 68 valence electrons. The zero-order valence-electron chi connectivity index (χ0n) is 7.00. The average molecular weight is 172 g/mol. The first-order valence-electron chi connectivity index (χ1n) is 3.94. The summed E-state index contributed by atoms with van der Waals surface area (Å²) in [6, 6.07) is 0. The Morgan fingerprint density at radius 2 is 2.25 bits per heavy atom. The smallest absolute Gasteiger partial charge is 0.336 e. The highest BCUT2D eigenvalue weighted by Gasteiger charge is 2.43. The lowest BCUT2D eigenvalue weighted by molar-refractivity contribution is -0.162. The molecule has 0 aromatic carbocycles. The van der Waals surface area contributed by atoms with Crippen molar-refractivity contribution in [3.05, 3.63) is 0 Å². The van der Waals surface area contributed by atoms with Crippen LogP contribution in [-0.4, -0.2) is 29.1 Å². The van der Waals surface area contributed by atoms with E-state index < -0.39 is 11.6 Å². The highest BCUT2D eigenvalue weighted by Crippen LogP contribution is 2.29. The first-order chi connectivity index (χ1) is 5.57. The van der Waals surface area contributed by atoms with Gasteiger partial charge >= 0.3 is 5.97 Å². The van der Waals surface area contributed by atoms with Crippen molar-refractivity contribution < 1.29 is 19.4 Å². The first-order valence-corrected chi connectivity index (χ1v) is 3.94. The van der Waals surface area contributed by atoms with E-state index >= 15 is 0 Å². The minimum atomic E-state index is -1.22. The minimum absolute atomic E-state index is 0.0116. The van der Waals surface area contributed by atoms with Gasteiger partial charge in [0, 0.05) is 13.0 Å². The van der Waals surface area contributed by atoms with Crippen LogP contribution in [0, 0.1) is 0 Å². The number of rotatable bonds is 3. The van der Waals surface area contributed by atoms with Gasteiger partial charge in [-0.3, -0.25) is 4.79 Å². The van der Waals surface area contributed by atoms with Crippen LogP contribution in [-0.2, 0) is 14.3 Å². The second kappa shape index (κ2) is 3.23. The van der Waals surface area contributed by atoms with Gasteiger partial charge in [0.15, 0.2) is 5.60 Å². The predicted molar refractivity (Wildman–Crippen MR) is 40.9 cm³/mol. The Morgan fingerprint density at radius 1 is 1.58 bits per heavy atom. The Labute approximate surface area is 70.5 Å². The number of Topliss-reactive ketones (excluding diaryl/α,β-unsaturated/α-hetero) is 1. The summed E-state index contributed by atoms with van der Waals surface area (Å²) in [5.74, 6) is -1.16. The molecule has 0 amide bonds. The molecule has 1 heterocycles. The van der Waals surface area contributed by atoms with E-state index in [9.17, 15) is 9.59 Å². The van der Waals surface area contributed by atoms with Crippen LogP contribution in [0.15, 0.2) is 0 Å². The maximum Gasteiger partial charge on any atom is 0.336 e. The molecule has 0 radical (unpaired) electrons. The van der Waals surface area contributed by atoms with Crippen LogP contribution in [0.3, 0.4) is 0 Å². The summed E-state index contributed by atoms with van der Waals surface area (Å²) >= 11 is 0. The molecule has 4 nitrogen and oxygen atoms in total. The highest BCUT2D eigenvalue weighted by molar-refractivity contribution is 5.87. The molecule has 1 rings (SSSR count). The van der Waals surface area contributed by atoms with E-state index in [4.69, 9.17) is 9.84 Å². The van der Waals surface area contributed by atoms with Crippen LogP contribution in [0.25, 0.3) is 0 Å². The SMILES string of the molecule is CC(=O)CC1(C(=O)O)CCCO1. The van der Waals surface area contributed by atoms with E-state index in [1.165, 1.54) is 6.92 Å². The van der Waals surface area contributed by atoms with E-state index in [2.05, 4.69) is 0 Å². The van der Waals surface area contributed by atoms with E-state index in [0.29, 0.717) is 13.0 Å². The van der Waals surface area contributed by atoms with E-state index in [-0.39, 0.29) is 12.2 Å². The van der Waals surface area contributed by atoms with Crippen LogP contribution in [0.1, 0.15) is 26.2 Å². The normalized spacial score (nSPS) is 28.8. The lowest BCUT2D eigenvalue weighted by Gasteiger charge is -2.21. The van der Waals surface area contributed by atoms with Gasteiger partial charge in [-0.15, -0.1) is 0 Å². The van der Waals surface area contributed by atoms with Crippen molar-refractivity contribution in [1.82, 2.24) is 0 Å². The summed E-state index contributed by atoms with van der Waals surface area (Å²) < 4.78 is 5.09. The third-order valence-corrected chi connectivity index (χ3v) is 2.03. The average Bonchev–Trinajstić information content (AvgIpc) is 2.35. The first kappa shape index (κ1) is 9.19. The van der Waals surface area contributed by atoms with Crippen molar-refractivity contribution in [3.63, 3.8) is 0 Å². The quantitative estimate of drug-likeness (QED) is 0.677. The van der Waals surface area contributed by atoms with Gasteiger partial charge in [-0.25, -0.2) is 4.79 Å². The van der Waals surface area contributed by atoms with E-state index in [0.717, 1.165) is 6.42 Å². The lowest BCUT2D eigenvalue weighted by atomic mass is 9.94. The molecule has 1 N–H and O–H groups in total. The predicted octanol–water partition coefficient (Wildman–Crippen LogP) is 0.599. The standard InChI is InChI=1S/C8H12O4/c1-6(9)5-8(7(10)11)3-2-4-12-8/h2-5H2,1H3,(H,10,11). The van der Waals surface area contributed by atoms with Crippen molar-refractivity contribution >= 4 is 11.8 Å². The summed E-state index contributed by atoms with van der Waals surface area (Å²) in [6.45, 7) is 1.83. The van der Waals surface area contributed by atoms with Crippen LogP contribution < -0.4 is 0 Å². The molecule has 0 aromatic rings. The summed E-state index contributed by atoms with van der Waals surface area (Å²) in [6.07, 6.45) is 1.16. The number of carboxylic acids is 1. The molecule has 1 aliphatic heterocycles. The fraction of sp³-hybridized carbons (Fsp3) is 0.750. The largest absolute Gasteiger partial charge is 0.479 e. The molecule has 1 atom stereocenters. The molecular weight excluding hydrogens is 160 g/mol. The molecule has 1 saturated heterocycles. The molecule has 0 spiro atoms. The number of carbonyl (C=O) groups excluding carboxylic acids is 1. The molecular formula is C8H12O4. The Kier molecular flexibility index (Phi) is 2.47. The summed E-state index contributed by atoms with van der Waals surface area (Å²) in [5.41, 5.74) is -1.22. The molecule has 1 aliphatic rings. The highest BCUT2D eigenvalue weighted by atomic mass is 16.5. The van der Waals surface area contributed by atoms with Crippen molar-refractivity contribution in [2.45, 2.75) is 31.8 Å². The van der Waals surface area contributed by atoms with Crippen LogP contribution in [0.5, 0.6) is 0 Å². The van der Waals surface area contributed by atoms with Crippen molar-refractivity contribution in [1.29, 1.82) is 0 Å². The lowest BCUT2D eigenvalue weighted by Crippen LogP contribution is -2.39. The fourth-order valence-electron chi connectivity index (χ4n) is 1.48. The monoisotopic (exact) mass is 172 g/mol. The Bertz CT molecular complexity index is 203. The van der Waals surface area contributed by atoms with E-state index in [1.54, 1.807) is 0 Å². The fourth-order valence-corrected chi connectivity index (χ4v) is 1.48. The second-order valence-corrected chi connectivity index (χ2v) is 3.13. The van der Waals surface area contributed by atoms with Gasteiger partial charge in [0.2, 0.25) is 0 Å². The van der Waals surface area contributed by atoms with Crippen LogP contribution >= 0.6 is 0 Å². The van der Waals surface area contributed by atoms with Crippen molar-refractivity contribution in [3.8, 4) is 0 Å². The number of ketones is 1. The minimum Gasteiger partial charge on any atom is -0.479 e. The third kappa shape index (κ3) is 1.64. The third-order valence-electron chi connectivity index (χ3n) is 2.03. The topological polar surface area (TPSA) is 63.6 Å². The van der Waals surface area contributed by atoms with E-state index in [1.807, 2.05) is 0 Å². The molecule has 0 aromatic heterocycles. The number of aliphatic carboxylic acids is 1. The van der Waals surface area contributed by atoms with Gasteiger partial charge in [0.05, 0.1) is 0 Å². The summed E-state index contributed by atoms with van der Waals surface area (Å²) in [4.78, 5) is 21.5. The number of hydrogen-bond donors (Lipinski definition) is 1. The molecule has 0 bridgehead atoms. The van der Waals surface area contributed by atoms with Crippen molar-refractivity contribution in [2.75, 3.05) is 6.61 Å². The number of ether oxygens (including phenoxy) is 1. The zero-order valence-corrected chi connectivity index (χ0v) is 7.00. The molecule has 1 unspecified atom stereocenters.